The van der Waals surface area contributed by atoms with Gasteiger partial charge >= 0.3 is 5.97 Å². The molecule has 0 fully saturated rings. The molecule has 2 unspecified atom stereocenters. The average molecular weight is 525 g/mol. The fraction of sp³-hybridized carbons (Fsp3) is 0.312. The maximum atomic E-state index is 11.2. The summed E-state index contributed by atoms with van der Waals surface area (Å²) in [5.41, 5.74) is 8.39. The van der Waals surface area contributed by atoms with Gasteiger partial charge in [0.1, 0.15) is 30.0 Å². The van der Waals surface area contributed by atoms with E-state index in [9.17, 15) is 4.79 Å². The van der Waals surface area contributed by atoms with Crippen molar-refractivity contribution in [3.05, 3.63) is 95.1 Å². The summed E-state index contributed by atoms with van der Waals surface area (Å²) >= 11 is 0. The third-order valence-corrected chi connectivity index (χ3v) is 7.73. The van der Waals surface area contributed by atoms with Crippen molar-refractivity contribution in [2.45, 2.75) is 51.7 Å². The second kappa shape index (κ2) is 10.5. The van der Waals surface area contributed by atoms with Gasteiger partial charge in [0, 0.05) is 29.9 Å². The lowest BCUT2D eigenvalue weighted by molar-refractivity contribution is -0.137. The first-order chi connectivity index (χ1) is 19.0. The molecule has 0 saturated heterocycles. The van der Waals surface area contributed by atoms with E-state index in [4.69, 9.17) is 19.3 Å². The predicted molar refractivity (Wildman–Crippen MR) is 148 cm³/mol. The van der Waals surface area contributed by atoms with Gasteiger partial charge in [0.05, 0.1) is 25.9 Å². The smallest absolute Gasteiger partial charge is 0.304 e. The van der Waals surface area contributed by atoms with Crippen LogP contribution in [0.3, 0.4) is 0 Å². The van der Waals surface area contributed by atoms with Crippen molar-refractivity contribution < 1.29 is 24.1 Å². The molecule has 2 atom stereocenters. The minimum absolute atomic E-state index is 0.0411. The minimum Gasteiger partial charge on any atom is -0.492 e. The molecule has 7 heteroatoms. The normalized spacial score (nSPS) is 17.4. The molecule has 0 amide bonds. The number of benzene rings is 3. The maximum Gasteiger partial charge on any atom is 0.304 e. The lowest BCUT2D eigenvalue weighted by Crippen LogP contribution is -2.07. The van der Waals surface area contributed by atoms with Gasteiger partial charge in [-0.3, -0.25) is 4.79 Å². The highest BCUT2D eigenvalue weighted by molar-refractivity contribution is 5.76. The second-order valence-electron chi connectivity index (χ2n) is 10.4. The fourth-order valence-corrected chi connectivity index (χ4v) is 5.97. The number of hydrogen-bond donors (Lipinski definition) is 1. The number of carbonyl (C=O) groups is 1. The number of ether oxygens (including phenoxy) is 3. The molecular formula is C32H32N2O5. The van der Waals surface area contributed by atoms with E-state index >= 15 is 0 Å². The Balaban J connectivity index is 1.19. The zero-order valence-electron chi connectivity index (χ0n) is 22.2. The van der Waals surface area contributed by atoms with E-state index < -0.39 is 5.97 Å². The summed E-state index contributed by atoms with van der Waals surface area (Å²) < 4.78 is 20.3. The number of rotatable bonds is 9. The summed E-state index contributed by atoms with van der Waals surface area (Å²) in [6.45, 7) is 6.04. The molecule has 6 rings (SSSR count). The number of fused-ring (bicyclic) bond motifs is 2. The summed E-state index contributed by atoms with van der Waals surface area (Å²) in [6.07, 6.45) is 7.39. The van der Waals surface area contributed by atoms with E-state index in [1.807, 2.05) is 29.0 Å². The van der Waals surface area contributed by atoms with Crippen LogP contribution in [0.5, 0.6) is 17.2 Å². The Morgan fingerprint density at radius 3 is 2.72 bits per heavy atom. The number of aryl methyl sites for hydroxylation is 2. The van der Waals surface area contributed by atoms with Crippen molar-refractivity contribution in [1.82, 2.24) is 9.55 Å². The van der Waals surface area contributed by atoms with E-state index in [1.54, 1.807) is 12.5 Å². The van der Waals surface area contributed by atoms with Crippen LogP contribution in [0.25, 0.3) is 11.1 Å². The molecular weight excluding hydrogens is 492 g/mol. The highest BCUT2D eigenvalue weighted by atomic mass is 16.5. The number of hydrogen-bond acceptors (Lipinski definition) is 5. The second-order valence-corrected chi connectivity index (χ2v) is 10.4. The van der Waals surface area contributed by atoms with Gasteiger partial charge in [-0.25, -0.2) is 4.98 Å². The molecule has 0 spiro atoms. The number of aromatic nitrogens is 2. The summed E-state index contributed by atoms with van der Waals surface area (Å²) in [6, 6.07) is 16.5. The van der Waals surface area contributed by atoms with Gasteiger partial charge < -0.3 is 23.9 Å². The van der Waals surface area contributed by atoms with E-state index in [2.05, 4.69) is 49.2 Å². The third kappa shape index (κ3) is 5.09. The summed E-state index contributed by atoms with van der Waals surface area (Å²) in [7, 11) is 0. The van der Waals surface area contributed by atoms with Gasteiger partial charge in [-0.2, -0.15) is 0 Å². The first-order valence-electron chi connectivity index (χ1n) is 13.4. The number of carboxylic acids is 1. The Bertz CT molecular complexity index is 1490. The zero-order valence-corrected chi connectivity index (χ0v) is 22.2. The van der Waals surface area contributed by atoms with Crippen LogP contribution < -0.4 is 14.2 Å². The predicted octanol–water partition coefficient (Wildman–Crippen LogP) is 6.26. The lowest BCUT2D eigenvalue weighted by atomic mass is 9.90. The maximum absolute atomic E-state index is 11.2. The SMILES string of the molecule is Cc1cc(OCCn2ccnc2)cc(C)c1-c1cccc2c1CCC2Oc1ccc2c(c1)OCC2CC(=O)O. The topological polar surface area (TPSA) is 82.8 Å². The molecule has 1 aliphatic heterocycles. The lowest BCUT2D eigenvalue weighted by Gasteiger charge is -2.18. The highest BCUT2D eigenvalue weighted by Crippen LogP contribution is 2.44. The van der Waals surface area contributed by atoms with E-state index in [0.29, 0.717) is 13.2 Å². The first-order valence-corrected chi connectivity index (χ1v) is 13.4. The minimum atomic E-state index is -0.812. The van der Waals surface area contributed by atoms with E-state index in [-0.39, 0.29) is 18.4 Å². The van der Waals surface area contributed by atoms with E-state index in [1.165, 1.54) is 33.4 Å². The van der Waals surface area contributed by atoms with Crippen molar-refractivity contribution in [2.75, 3.05) is 13.2 Å². The molecule has 4 aromatic rings. The van der Waals surface area contributed by atoms with Gasteiger partial charge in [-0.1, -0.05) is 24.3 Å². The van der Waals surface area contributed by atoms with Crippen molar-refractivity contribution in [1.29, 1.82) is 0 Å². The van der Waals surface area contributed by atoms with Gasteiger partial charge in [-0.15, -0.1) is 0 Å². The molecule has 3 aromatic carbocycles. The monoisotopic (exact) mass is 524 g/mol. The quantitative estimate of drug-likeness (QED) is 0.278. The molecule has 0 radical (unpaired) electrons. The molecule has 0 saturated carbocycles. The van der Waals surface area contributed by atoms with Gasteiger partial charge in [0.2, 0.25) is 0 Å². The Morgan fingerprint density at radius 2 is 1.95 bits per heavy atom. The first kappa shape index (κ1) is 25.0. The molecule has 2 heterocycles. The molecule has 1 aliphatic carbocycles. The molecule has 0 bridgehead atoms. The number of imidazole rings is 1. The van der Waals surface area contributed by atoms with Crippen LogP contribution in [0.15, 0.2) is 67.3 Å². The van der Waals surface area contributed by atoms with Crippen molar-refractivity contribution in [3.63, 3.8) is 0 Å². The molecule has 200 valence electrons. The summed E-state index contributed by atoms with van der Waals surface area (Å²) in [4.78, 5) is 15.2. The Hall–Kier alpha value is -4.26. The largest absolute Gasteiger partial charge is 0.492 e. The molecule has 39 heavy (non-hydrogen) atoms. The molecule has 1 N–H and O–H groups in total. The molecule has 1 aromatic heterocycles. The van der Waals surface area contributed by atoms with E-state index in [0.717, 1.165) is 42.2 Å². The number of nitrogens with zero attached hydrogens (tertiary/aromatic N) is 2. The van der Waals surface area contributed by atoms with Gasteiger partial charge in [0.25, 0.3) is 0 Å². The number of aliphatic carboxylic acids is 1. The van der Waals surface area contributed by atoms with Crippen LogP contribution in [0, 0.1) is 13.8 Å². The van der Waals surface area contributed by atoms with Crippen molar-refractivity contribution >= 4 is 5.97 Å². The van der Waals surface area contributed by atoms with Gasteiger partial charge in [0.15, 0.2) is 0 Å². The van der Waals surface area contributed by atoms with Crippen LogP contribution in [0.1, 0.15) is 52.7 Å². The van der Waals surface area contributed by atoms with Crippen molar-refractivity contribution in [2.24, 2.45) is 0 Å². The van der Waals surface area contributed by atoms with Crippen LogP contribution in [0.2, 0.25) is 0 Å². The highest BCUT2D eigenvalue weighted by Gasteiger charge is 2.30. The third-order valence-electron chi connectivity index (χ3n) is 7.73. The van der Waals surface area contributed by atoms with Crippen LogP contribution in [-0.4, -0.2) is 33.8 Å². The van der Waals surface area contributed by atoms with Crippen molar-refractivity contribution in [3.8, 4) is 28.4 Å². The summed E-state index contributed by atoms with van der Waals surface area (Å²) in [5, 5.41) is 9.17. The Morgan fingerprint density at radius 1 is 1.10 bits per heavy atom. The molecule has 2 aliphatic rings. The van der Waals surface area contributed by atoms with Crippen LogP contribution in [0.4, 0.5) is 0 Å². The zero-order chi connectivity index (χ0) is 26.9. The molecule has 7 nitrogen and oxygen atoms in total. The van der Waals surface area contributed by atoms with Gasteiger partial charge in [-0.05, 0) is 78.3 Å². The number of carboxylic acid groups (broad SMARTS) is 1. The average Bonchev–Trinajstić information content (AvgIpc) is 3.65. The summed E-state index contributed by atoms with van der Waals surface area (Å²) in [5.74, 6) is 1.43. The standard InChI is InChI=1S/C32H32N2O5/c1-20-14-24(37-13-12-34-11-10-33-19-34)15-21(2)32(20)28-5-3-4-27-26(28)8-9-29(27)39-23-6-7-25-22(16-31(35)36)18-38-30(25)17-23/h3-7,10-11,14-15,17,19,22,29H,8-9,12-13,16,18H2,1-2H3,(H,35,36). The Labute approximate surface area is 228 Å². The Kier molecular flexibility index (Phi) is 6.73. The van der Waals surface area contributed by atoms with Crippen LogP contribution in [-0.2, 0) is 17.8 Å². The van der Waals surface area contributed by atoms with Crippen LogP contribution >= 0.6 is 0 Å². The fourth-order valence-electron chi connectivity index (χ4n) is 5.97.